The predicted octanol–water partition coefficient (Wildman–Crippen LogP) is 3.00. The number of hydrogen-bond acceptors (Lipinski definition) is 11. The smallest absolute Gasteiger partial charge is 0.409 e. The van der Waals surface area contributed by atoms with E-state index in [-0.39, 0.29) is 18.6 Å². The fourth-order valence-corrected chi connectivity index (χ4v) is 4.43. The molecule has 1 saturated carbocycles. The standard InChI is InChI=1S/C24H29ClN10O3/c1-37-8-9-38-24(36)34-6-4-33(5-7-34)19-11-15(12-26)10-18(20(19)25)30-23-31-21(29-16-2-3-16)22-28-14-17(13-27)35(22)32-23/h10-14,16,26-27H,2-9H2,1H3,(H2,29,30,31,32). The summed E-state index contributed by atoms with van der Waals surface area (Å²) in [7, 11) is 1.56. The Morgan fingerprint density at radius 2 is 1.97 bits per heavy atom. The van der Waals surface area contributed by atoms with Crippen molar-refractivity contribution in [1.82, 2.24) is 24.5 Å². The first-order valence-electron chi connectivity index (χ1n) is 12.3. The van der Waals surface area contributed by atoms with Gasteiger partial charge in [-0.2, -0.15) is 4.98 Å². The molecule has 0 bridgehead atoms. The number of imidazole rings is 1. The number of methoxy groups -OCH3 is 1. The van der Waals surface area contributed by atoms with Crippen molar-refractivity contribution in [2.75, 3.05) is 62.0 Å². The highest BCUT2D eigenvalue weighted by atomic mass is 35.5. The Hall–Kier alpha value is -3.97. The fourth-order valence-electron chi connectivity index (χ4n) is 4.16. The van der Waals surface area contributed by atoms with E-state index in [1.807, 2.05) is 6.07 Å². The van der Waals surface area contributed by atoms with Gasteiger partial charge in [0, 0.05) is 51.8 Å². The summed E-state index contributed by atoms with van der Waals surface area (Å²) in [6.45, 7) is 2.62. The minimum atomic E-state index is -0.365. The van der Waals surface area contributed by atoms with Crippen LogP contribution in [0.2, 0.25) is 5.02 Å². The average Bonchev–Trinajstić information content (AvgIpc) is 3.65. The molecular weight excluding hydrogens is 512 g/mol. The number of anilines is 4. The van der Waals surface area contributed by atoms with Crippen molar-refractivity contribution in [1.29, 1.82) is 10.8 Å². The molecule has 1 aliphatic heterocycles. The van der Waals surface area contributed by atoms with Crippen molar-refractivity contribution in [2.24, 2.45) is 0 Å². The molecule has 38 heavy (non-hydrogen) atoms. The Labute approximate surface area is 224 Å². The first-order chi connectivity index (χ1) is 18.5. The molecule has 0 spiro atoms. The van der Waals surface area contributed by atoms with Crippen LogP contribution in [0.3, 0.4) is 0 Å². The number of aromatic nitrogens is 4. The van der Waals surface area contributed by atoms with E-state index in [2.05, 4.69) is 30.6 Å². The molecule has 13 nitrogen and oxygen atoms in total. The second-order valence-corrected chi connectivity index (χ2v) is 9.40. The summed E-state index contributed by atoms with van der Waals surface area (Å²) in [5.41, 5.74) is 2.98. The topological polar surface area (TPSA) is 157 Å². The van der Waals surface area contributed by atoms with E-state index in [0.29, 0.717) is 72.3 Å². The Kier molecular flexibility index (Phi) is 7.56. The van der Waals surface area contributed by atoms with Gasteiger partial charge in [-0.3, -0.25) is 0 Å². The average molecular weight is 541 g/mol. The Morgan fingerprint density at radius 3 is 2.66 bits per heavy atom. The Bertz CT molecular complexity index is 1350. The highest BCUT2D eigenvalue weighted by Gasteiger charge is 2.26. The first-order valence-corrected chi connectivity index (χ1v) is 12.7. The summed E-state index contributed by atoms with van der Waals surface area (Å²) in [5, 5.41) is 27.1. The number of nitrogens with zero attached hydrogens (tertiary/aromatic N) is 6. The number of hydrogen-bond donors (Lipinski definition) is 4. The zero-order valence-corrected chi connectivity index (χ0v) is 21.7. The number of benzene rings is 1. The third-order valence-electron chi connectivity index (χ3n) is 6.34. The van der Waals surface area contributed by atoms with Gasteiger partial charge in [-0.25, -0.2) is 14.3 Å². The van der Waals surface area contributed by atoms with Gasteiger partial charge in [0.15, 0.2) is 11.5 Å². The summed E-state index contributed by atoms with van der Waals surface area (Å²) >= 11 is 6.87. The van der Waals surface area contributed by atoms with Crippen molar-refractivity contribution in [3.63, 3.8) is 0 Å². The van der Waals surface area contributed by atoms with Crippen LogP contribution >= 0.6 is 11.6 Å². The van der Waals surface area contributed by atoms with Crippen LogP contribution < -0.4 is 15.5 Å². The van der Waals surface area contributed by atoms with Gasteiger partial charge in [0.05, 0.1) is 29.2 Å². The second kappa shape index (κ2) is 11.2. The van der Waals surface area contributed by atoms with Gasteiger partial charge < -0.3 is 40.7 Å². The molecule has 3 aromatic rings. The van der Waals surface area contributed by atoms with Crippen LogP contribution in [0.25, 0.3) is 5.65 Å². The molecule has 5 rings (SSSR count). The van der Waals surface area contributed by atoms with E-state index in [4.69, 9.17) is 31.9 Å². The minimum absolute atomic E-state index is 0.212. The summed E-state index contributed by atoms with van der Waals surface area (Å²) < 4.78 is 11.7. The molecular formula is C24H29ClN10O3. The normalized spacial score (nSPS) is 15.4. The van der Waals surface area contributed by atoms with Crippen LogP contribution in [-0.4, -0.2) is 95.5 Å². The van der Waals surface area contributed by atoms with Crippen molar-refractivity contribution in [3.8, 4) is 0 Å². The van der Waals surface area contributed by atoms with Crippen LogP contribution in [0.4, 0.5) is 27.9 Å². The maximum atomic E-state index is 12.3. The van der Waals surface area contributed by atoms with E-state index in [9.17, 15) is 4.79 Å². The number of nitrogens with one attached hydrogen (secondary N) is 4. The van der Waals surface area contributed by atoms with Crippen LogP contribution in [0.1, 0.15) is 24.1 Å². The van der Waals surface area contributed by atoms with Crippen LogP contribution in [-0.2, 0) is 9.47 Å². The quantitative estimate of drug-likeness (QED) is 0.224. The predicted molar refractivity (Wildman–Crippen MR) is 145 cm³/mol. The SMILES string of the molecule is COCCOC(=O)N1CCN(c2cc(C=N)cc(Nc3nc(NC4CC4)c4ncc(C=N)n4n3)c2Cl)CC1. The van der Waals surface area contributed by atoms with Crippen molar-refractivity contribution >= 4 is 58.9 Å². The molecule has 0 radical (unpaired) electrons. The van der Waals surface area contributed by atoms with Crippen LogP contribution in [0.15, 0.2) is 18.3 Å². The Balaban J connectivity index is 1.38. The van der Waals surface area contributed by atoms with Crippen LogP contribution in [0.5, 0.6) is 0 Å². The zero-order chi connectivity index (χ0) is 26.6. The number of ether oxygens (including phenoxy) is 2. The van der Waals surface area contributed by atoms with E-state index < -0.39 is 0 Å². The third-order valence-corrected chi connectivity index (χ3v) is 6.73. The first kappa shape index (κ1) is 25.7. The zero-order valence-electron chi connectivity index (χ0n) is 20.9. The number of carbonyl (C=O) groups is 1. The van der Waals surface area contributed by atoms with Gasteiger partial charge in [-0.1, -0.05) is 11.6 Å². The molecule has 1 aliphatic carbocycles. The molecule has 2 aromatic heterocycles. The maximum Gasteiger partial charge on any atom is 0.409 e. The van der Waals surface area contributed by atoms with Crippen molar-refractivity contribution < 1.29 is 14.3 Å². The molecule has 4 N–H and O–H groups in total. The summed E-state index contributed by atoms with van der Waals surface area (Å²) in [5.74, 6) is 0.853. The van der Waals surface area contributed by atoms with Gasteiger partial charge in [0.1, 0.15) is 12.3 Å². The lowest BCUT2D eigenvalue weighted by atomic mass is 10.1. The number of fused-ring (bicyclic) bond motifs is 1. The molecule has 200 valence electrons. The summed E-state index contributed by atoms with van der Waals surface area (Å²) in [6, 6.07) is 3.95. The number of piperazine rings is 1. The van der Waals surface area contributed by atoms with Gasteiger partial charge in [-0.15, -0.1) is 5.10 Å². The number of halogens is 1. The van der Waals surface area contributed by atoms with Gasteiger partial charge in [0.25, 0.3) is 0 Å². The lowest BCUT2D eigenvalue weighted by Gasteiger charge is -2.36. The largest absolute Gasteiger partial charge is 0.447 e. The lowest BCUT2D eigenvalue weighted by Crippen LogP contribution is -2.49. The van der Waals surface area contributed by atoms with Crippen molar-refractivity contribution in [3.05, 3.63) is 34.6 Å². The van der Waals surface area contributed by atoms with Crippen molar-refractivity contribution in [2.45, 2.75) is 18.9 Å². The number of rotatable bonds is 10. The number of amides is 1. The van der Waals surface area contributed by atoms with E-state index in [1.165, 1.54) is 12.4 Å². The molecule has 0 atom stereocenters. The van der Waals surface area contributed by atoms with Gasteiger partial charge in [-0.05, 0) is 30.5 Å². The highest BCUT2D eigenvalue weighted by molar-refractivity contribution is 6.36. The minimum Gasteiger partial charge on any atom is -0.447 e. The molecule has 2 aliphatic rings. The van der Waals surface area contributed by atoms with Gasteiger partial charge in [0.2, 0.25) is 5.95 Å². The summed E-state index contributed by atoms with van der Waals surface area (Å²) in [4.78, 5) is 25.0. The highest BCUT2D eigenvalue weighted by Crippen LogP contribution is 2.36. The van der Waals surface area contributed by atoms with E-state index in [1.54, 1.807) is 28.8 Å². The molecule has 2 fully saturated rings. The monoisotopic (exact) mass is 540 g/mol. The summed E-state index contributed by atoms with van der Waals surface area (Å²) in [6.07, 6.45) is 5.77. The molecule has 3 heterocycles. The van der Waals surface area contributed by atoms with E-state index >= 15 is 0 Å². The van der Waals surface area contributed by atoms with Crippen LogP contribution in [0, 0.1) is 10.8 Å². The van der Waals surface area contributed by atoms with E-state index in [0.717, 1.165) is 18.5 Å². The Morgan fingerprint density at radius 1 is 1.18 bits per heavy atom. The number of carbonyl (C=O) groups excluding carboxylic acids is 1. The molecule has 0 unspecified atom stereocenters. The fraction of sp³-hybridized carbons (Fsp3) is 0.417. The molecule has 14 heteroatoms. The molecule has 1 aromatic carbocycles. The van der Waals surface area contributed by atoms with Gasteiger partial charge >= 0.3 is 6.09 Å². The second-order valence-electron chi connectivity index (χ2n) is 9.02. The molecule has 1 amide bonds. The maximum absolute atomic E-state index is 12.3. The lowest BCUT2D eigenvalue weighted by molar-refractivity contribution is 0.0705. The third kappa shape index (κ3) is 5.48. The molecule has 1 saturated heterocycles.